The lowest BCUT2D eigenvalue weighted by Crippen LogP contribution is -2.48. The van der Waals surface area contributed by atoms with Gasteiger partial charge >= 0.3 is 0 Å². The monoisotopic (exact) mass is 305 g/mol. The minimum atomic E-state index is -3.07. The lowest BCUT2D eigenvalue weighted by Gasteiger charge is -2.27. The molecule has 1 unspecified atom stereocenters. The molecule has 1 fully saturated rings. The topological polar surface area (TPSA) is 110 Å². The predicted octanol–water partition coefficient (Wildman–Crippen LogP) is -1.12. The third-order valence-corrected chi connectivity index (χ3v) is 4.94. The van der Waals surface area contributed by atoms with Crippen molar-refractivity contribution in [2.24, 2.45) is 5.73 Å². The summed E-state index contributed by atoms with van der Waals surface area (Å²) in [6, 6.07) is -0.377. The molecule has 1 aliphatic heterocycles. The SMILES string of the molecule is CCCCN(CC(N)=O)C(=O)CC1CS(=O)(=O)CCN1. The van der Waals surface area contributed by atoms with Crippen LogP contribution < -0.4 is 11.1 Å². The maximum Gasteiger partial charge on any atom is 0.237 e. The van der Waals surface area contributed by atoms with E-state index >= 15 is 0 Å². The van der Waals surface area contributed by atoms with Crippen molar-refractivity contribution in [1.29, 1.82) is 0 Å². The molecule has 0 aromatic heterocycles. The number of nitrogens with one attached hydrogen (secondary N) is 1. The van der Waals surface area contributed by atoms with E-state index in [0.717, 1.165) is 12.8 Å². The summed E-state index contributed by atoms with van der Waals surface area (Å²) in [7, 11) is -3.07. The molecule has 0 aromatic rings. The molecular weight excluding hydrogens is 282 g/mol. The largest absolute Gasteiger partial charge is 0.368 e. The number of rotatable bonds is 7. The van der Waals surface area contributed by atoms with Crippen molar-refractivity contribution >= 4 is 21.7 Å². The van der Waals surface area contributed by atoms with Crippen LogP contribution in [0.3, 0.4) is 0 Å². The number of nitrogens with zero attached hydrogens (tertiary/aromatic N) is 1. The van der Waals surface area contributed by atoms with E-state index in [1.54, 1.807) is 0 Å². The average Bonchev–Trinajstić information content (AvgIpc) is 2.32. The Kier molecular flexibility index (Phi) is 6.41. The lowest BCUT2D eigenvalue weighted by atomic mass is 10.2. The van der Waals surface area contributed by atoms with Gasteiger partial charge in [-0.25, -0.2) is 8.42 Å². The number of nitrogens with two attached hydrogens (primary N) is 1. The summed E-state index contributed by atoms with van der Waals surface area (Å²) < 4.78 is 23.0. The number of unbranched alkanes of at least 4 members (excludes halogenated alkanes) is 1. The highest BCUT2D eigenvalue weighted by molar-refractivity contribution is 7.91. The average molecular weight is 305 g/mol. The molecule has 8 heteroatoms. The van der Waals surface area contributed by atoms with Gasteiger partial charge in [-0.2, -0.15) is 0 Å². The molecule has 3 N–H and O–H groups in total. The first-order valence-electron chi connectivity index (χ1n) is 6.84. The molecular formula is C12H23N3O4S. The van der Waals surface area contributed by atoms with Crippen LogP contribution in [0.2, 0.25) is 0 Å². The van der Waals surface area contributed by atoms with Crippen LogP contribution in [-0.2, 0) is 19.4 Å². The Labute approximate surface area is 119 Å². The summed E-state index contributed by atoms with van der Waals surface area (Å²) in [6.45, 7) is 2.71. The first-order chi connectivity index (χ1) is 9.34. The van der Waals surface area contributed by atoms with Crippen LogP contribution >= 0.6 is 0 Å². The van der Waals surface area contributed by atoms with E-state index in [2.05, 4.69) is 5.32 Å². The van der Waals surface area contributed by atoms with E-state index in [-0.39, 0.29) is 36.4 Å². The Balaban J connectivity index is 2.58. The predicted molar refractivity (Wildman–Crippen MR) is 75.7 cm³/mol. The van der Waals surface area contributed by atoms with Gasteiger partial charge in [0, 0.05) is 25.6 Å². The maximum absolute atomic E-state index is 12.1. The second-order valence-corrected chi connectivity index (χ2v) is 7.33. The Hall–Kier alpha value is -1.15. The van der Waals surface area contributed by atoms with Crippen LogP contribution in [0.4, 0.5) is 0 Å². The number of hydrogen-bond acceptors (Lipinski definition) is 5. The number of hydrogen-bond donors (Lipinski definition) is 2. The first kappa shape index (κ1) is 16.9. The van der Waals surface area contributed by atoms with Crippen LogP contribution in [0.15, 0.2) is 0 Å². The smallest absolute Gasteiger partial charge is 0.237 e. The van der Waals surface area contributed by atoms with Gasteiger partial charge < -0.3 is 16.0 Å². The first-order valence-corrected chi connectivity index (χ1v) is 8.66. The number of carbonyl (C=O) groups excluding carboxylic acids is 2. The van der Waals surface area contributed by atoms with Crippen LogP contribution in [0, 0.1) is 0 Å². The molecule has 0 saturated carbocycles. The molecule has 0 spiro atoms. The minimum Gasteiger partial charge on any atom is -0.368 e. The van der Waals surface area contributed by atoms with Crippen LogP contribution in [0.5, 0.6) is 0 Å². The van der Waals surface area contributed by atoms with E-state index in [4.69, 9.17) is 5.73 Å². The van der Waals surface area contributed by atoms with E-state index in [1.807, 2.05) is 6.92 Å². The van der Waals surface area contributed by atoms with Gasteiger partial charge in [-0.3, -0.25) is 9.59 Å². The standard InChI is InChI=1S/C12H23N3O4S/c1-2-3-5-15(8-11(13)16)12(17)7-10-9-20(18,19)6-4-14-10/h10,14H,2-9H2,1H3,(H2,13,16). The number of primary amides is 1. The molecule has 0 aromatic carbocycles. The zero-order valence-corrected chi connectivity index (χ0v) is 12.6. The molecule has 0 radical (unpaired) electrons. The van der Waals surface area contributed by atoms with Gasteiger partial charge in [0.1, 0.15) is 0 Å². The second kappa shape index (κ2) is 7.58. The summed E-state index contributed by atoms with van der Waals surface area (Å²) in [5.41, 5.74) is 5.13. The highest BCUT2D eigenvalue weighted by Gasteiger charge is 2.27. The Bertz CT molecular complexity index is 450. The highest BCUT2D eigenvalue weighted by atomic mass is 32.2. The van der Waals surface area contributed by atoms with E-state index < -0.39 is 15.7 Å². The lowest BCUT2D eigenvalue weighted by molar-refractivity contribution is -0.135. The van der Waals surface area contributed by atoms with Crippen molar-refractivity contribution in [1.82, 2.24) is 10.2 Å². The van der Waals surface area contributed by atoms with Crippen molar-refractivity contribution in [3.05, 3.63) is 0 Å². The number of sulfone groups is 1. The normalized spacial score (nSPS) is 21.4. The van der Waals surface area contributed by atoms with Crippen LogP contribution in [0.1, 0.15) is 26.2 Å². The van der Waals surface area contributed by atoms with Gasteiger partial charge in [-0.1, -0.05) is 13.3 Å². The van der Waals surface area contributed by atoms with Gasteiger partial charge in [0.2, 0.25) is 11.8 Å². The van der Waals surface area contributed by atoms with Crippen LogP contribution in [-0.4, -0.2) is 62.3 Å². The van der Waals surface area contributed by atoms with Crippen molar-refractivity contribution in [2.75, 3.05) is 31.1 Å². The zero-order chi connectivity index (χ0) is 15.2. The van der Waals surface area contributed by atoms with Crippen LogP contribution in [0.25, 0.3) is 0 Å². The van der Waals surface area contributed by atoms with Gasteiger partial charge in [-0.05, 0) is 6.42 Å². The highest BCUT2D eigenvalue weighted by Crippen LogP contribution is 2.08. The van der Waals surface area contributed by atoms with Crippen molar-refractivity contribution in [2.45, 2.75) is 32.2 Å². The fraction of sp³-hybridized carbons (Fsp3) is 0.833. The molecule has 20 heavy (non-hydrogen) atoms. The quantitative estimate of drug-likeness (QED) is 0.619. The minimum absolute atomic E-state index is 0.0308. The molecule has 1 rings (SSSR count). The van der Waals surface area contributed by atoms with Gasteiger partial charge in [0.15, 0.2) is 9.84 Å². The maximum atomic E-state index is 12.1. The second-order valence-electron chi connectivity index (χ2n) is 5.10. The fourth-order valence-corrected chi connectivity index (χ4v) is 3.61. The molecule has 7 nitrogen and oxygen atoms in total. The van der Waals surface area contributed by atoms with E-state index in [0.29, 0.717) is 13.1 Å². The van der Waals surface area contributed by atoms with E-state index in [9.17, 15) is 18.0 Å². The summed E-state index contributed by atoms with van der Waals surface area (Å²) >= 11 is 0. The summed E-state index contributed by atoms with van der Waals surface area (Å²) in [6.07, 6.45) is 1.77. The Morgan fingerprint density at radius 3 is 2.65 bits per heavy atom. The third-order valence-electron chi connectivity index (χ3n) is 3.20. The van der Waals surface area contributed by atoms with Gasteiger partial charge in [0.25, 0.3) is 0 Å². The van der Waals surface area contributed by atoms with Gasteiger partial charge in [0.05, 0.1) is 18.1 Å². The molecule has 1 heterocycles. The molecule has 0 bridgehead atoms. The van der Waals surface area contributed by atoms with E-state index in [1.165, 1.54) is 4.90 Å². The summed E-state index contributed by atoms with van der Waals surface area (Å²) in [5, 5.41) is 3.03. The molecule has 0 aliphatic carbocycles. The van der Waals surface area contributed by atoms with Crippen molar-refractivity contribution in [3.63, 3.8) is 0 Å². The third kappa shape index (κ3) is 5.87. The summed E-state index contributed by atoms with van der Waals surface area (Å²) in [4.78, 5) is 24.5. The fourth-order valence-electron chi connectivity index (χ4n) is 2.17. The number of amides is 2. The van der Waals surface area contributed by atoms with Crippen molar-refractivity contribution < 1.29 is 18.0 Å². The molecule has 2 amide bonds. The Morgan fingerprint density at radius 1 is 1.40 bits per heavy atom. The van der Waals surface area contributed by atoms with Gasteiger partial charge in [-0.15, -0.1) is 0 Å². The molecule has 1 aliphatic rings. The Morgan fingerprint density at radius 2 is 2.10 bits per heavy atom. The summed E-state index contributed by atoms with van der Waals surface area (Å²) in [5.74, 6) is -0.708. The zero-order valence-electron chi connectivity index (χ0n) is 11.8. The molecule has 1 saturated heterocycles. The molecule has 1 atom stereocenters. The van der Waals surface area contributed by atoms with Crippen molar-refractivity contribution in [3.8, 4) is 0 Å². The molecule has 116 valence electrons. The number of carbonyl (C=O) groups is 2.